The highest BCUT2D eigenvalue weighted by molar-refractivity contribution is 7.89. The molecule has 106 valence electrons. The van der Waals surface area contributed by atoms with Gasteiger partial charge in [0.2, 0.25) is 5.89 Å². The SMILES string of the molecule is CS(=O)(=O)Cc1noc(C2CNc3ccccc3C2)n1. The number of benzene rings is 1. The molecular formula is C13H15N3O3S. The van der Waals surface area contributed by atoms with Gasteiger partial charge in [0.15, 0.2) is 15.7 Å². The van der Waals surface area contributed by atoms with Crippen molar-refractivity contribution >= 4 is 15.5 Å². The molecule has 2 aromatic rings. The number of sulfone groups is 1. The van der Waals surface area contributed by atoms with Crippen LogP contribution < -0.4 is 5.32 Å². The van der Waals surface area contributed by atoms with Crippen molar-refractivity contribution < 1.29 is 12.9 Å². The van der Waals surface area contributed by atoms with E-state index in [0.29, 0.717) is 12.4 Å². The summed E-state index contributed by atoms with van der Waals surface area (Å²) in [6.07, 6.45) is 1.96. The van der Waals surface area contributed by atoms with Crippen LogP contribution in [0.4, 0.5) is 5.69 Å². The Kier molecular flexibility index (Phi) is 3.21. The molecule has 1 aliphatic rings. The number of fused-ring (bicyclic) bond motifs is 1. The molecule has 0 amide bonds. The summed E-state index contributed by atoms with van der Waals surface area (Å²) in [6.45, 7) is 0.706. The standard InChI is InChI=1S/C13H15N3O3S/c1-20(17,18)8-12-15-13(19-16-12)10-6-9-4-2-3-5-11(9)14-7-10/h2-5,10,14H,6-8H2,1H3. The molecule has 3 rings (SSSR count). The molecule has 0 bridgehead atoms. The molecule has 0 saturated carbocycles. The number of aromatic nitrogens is 2. The van der Waals surface area contributed by atoms with Gasteiger partial charge in [0.25, 0.3) is 0 Å². The van der Waals surface area contributed by atoms with Gasteiger partial charge < -0.3 is 9.84 Å². The quantitative estimate of drug-likeness (QED) is 0.920. The maximum absolute atomic E-state index is 11.2. The van der Waals surface area contributed by atoms with Crippen molar-refractivity contribution in [3.8, 4) is 0 Å². The van der Waals surface area contributed by atoms with Crippen LogP contribution in [-0.4, -0.2) is 31.4 Å². The van der Waals surface area contributed by atoms with Crippen molar-refractivity contribution in [3.63, 3.8) is 0 Å². The Bertz CT molecular complexity index is 724. The highest BCUT2D eigenvalue weighted by Gasteiger charge is 2.25. The average molecular weight is 293 g/mol. The topological polar surface area (TPSA) is 85.1 Å². The van der Waals surface area contributed by atoms with Crippen molar-refractivity contribution in [3.05, 3.63) is 41.5 Å². The average Bonchev–Trinajstić information content (AvgIpc) is 2.84. The largest absolute Gasteiger partial charge is 0.384 e. The van der Waals surface area contributed by atoms with E-state index in [2.05, 4.69) is 21.5 Å². The van der Waals surface area contributed by atoms with Gasteiger partial charge in [-0.1, -0.05) is 23.4 Å². The van der Waals surface area contributed by atoms with E-state index in [1.165, 1.54) is 5.56 Å². The van der Waals surface area contributed by atoms with Gasteiger partial charge in [-0.2, -0.15) is 4.98 Å². The Morgan fingerprint density at radius 3 is 3.00 bits per heavy atom. The number of para-hydroxylation sites is 1. The zero-order valence-corrected chi connectivity index (χ0v) is 11.9. The molecule has 2 heterocycles. The minimum Gasteiger partial charge on any atom is -0.384 e. The van der Waals surface area contributed by atoms with Crippen molar-refractivity contribution in [1.29, 1.82) is 0 Å². The van der Waals surface area contributed by atoms with E-state index in [0.717, 1.165) is 18.4 Å². The zero-order chi connectivity index (χ0) is 14.2. The number of hydrogen-bond acceptors (Lipinski definition) is 6. The van der Waals surface area contributed by atoms with Gasteiger partial charge in [0.05, 0.1) is 5.92 Å². The molecule has 0 fully saturated rings. The van der Waals surface area contributed by atoms with Gasteiger partial charge >= 0.3 is 0 Å². The van der Waals surface area contributed by atoms with E-state index in [4.69, 9.17) is 4.52 Å². The Labute approximate surface area is 117 Å². The predicted octanol–water partition coefficient (Wildman–Crippen LogP) is 1.37. The van der Waals surface area contributed by atoms with Gasteiger partial charge in [-0.15, -0.1) is 0 Å². The van der Waals surface area contributed by atoms with E-state index >= 15 is 0 Å². The van der Waals surface area contributed by atoms with Gasteiger partial charge in [-0.3, -0.25) is 0 Å². The lowest BCUT2D eigenvalue weighted by Crippen LogP contribution is -2.21. The molecule has 6 nitrogen and oxygen atoms in total. The van der Waals surface area contributed by atoms with Gasteiger partial charge in [0.1, 0.15) is 5.75 Å². The molecule has 0 saturated heterocycles. The van der Waals surface area contributed by atoms with Crippen LogP contribution in [0.3, 0.4) is 0 Å². The monoisotopic (exact) mass is 293 g/mol. The first-order valence-corrected chi connectivity index (χ1v) is 8.39. The van der Waals surface area contributed by atoms with Crippen LogP contribution >= 0.6 is 0 Å². The molecule has 7 heteroatoms. The molecule has 1 unspecified atom stereocenters. The predicted molar refractivity (Wildman–Crippen MR) is 74.2 cm³/mol. The molecule has 0 aliphatic carbocycles. The summed E-state index contributed by atoms with van der Waals surface area (Å²) in [5.74, 6) is 0.602. The fourth-order valence-electron chi connectivity index (χ4n) is 2.34. The number of nitrogens with one attached hydrogen (secondary N) is 1. The Balaban J connectivity index is 1.78. The Morgan fingerprint density at radius 2 is 2.20 bits per heavy atom. The van der Waals surface area contributed by atoms with E-state index in [-0.39, 0.29) is 17.5 Å². The number of hydrogen-bond donors (Lipinski definition) is 1. The number of anilines is 1. The highest BCUT2D eigenvalue weighted by Crippen LogP contribution is 2.29. The summed E-state index contributed by atoms with van der Waals surface area (Å²) >= 11 is 0. The van der Waals surface area contributed by atoms with E-state index in [1.54, 1.807) is 0 Å². The molecule has 1 aliphatic heterocycles. The maximum Gasteiger partial charge on any atom is 0.231 e. The van der Waals surface area contributed by atoms with Gasteiger partial charge in [-0.25, -0.2) is 8.42 Å². The van der Waals surface area contributed by atoms with Crippen LogP contribution in [0.2, 0.25) is 0 Å². The molecule has 20 heavy (non-hydrogen) atoms. The second-order valence-corrected chi connectivity index (χ2v) is 7.20. The third kappa shape index (κ3) is 2.82. The minimum absolute atomic E-state index is 0.0747. The smallest absolute Gasteiger partial charge is 0.231 e. The summed E-state index contributed by atoms with van der Waals surface area (Å²) < 4.78 is 27.6. The summed E-state index contributed by atoms with van der Waals surface area (Å²) in [7, 11) is -3.14. The second-order valence-electron chi connectivity index (χ2n) is 5.06. The Morgan fingerprint density at radius 1 is 1.40 bits per heavy atom. The van der Waals surface area contributed by atoms with Crippen LogP contribution in [-0.2, 0) is 22.0 Å². The van der Waals surface area contributed by atoms with Crippen molar-refractivity contribution in [2.24, 2.45) is 0 Å². The first kappa shape index (κ1) is 13.1. The molecule has 1 atom stereocenters. The second kappa shape index (κ2) is 4.90. The molecule has 1 aromatic carbocycles. The lowest BCUT2D eigenvalue weighted by Gasteiger charge is -2.23. The van der Waals surface area contributed by atoms with Gasteiger partial charge in [0, 0.05) is 18.5 Å². The molecule has 0 spiro atoms. The van der Waals surface area contributed by atoms with E-state index < -0.39 is 9.84 Å². The molecule has 1 N–H and O–H groups in total. The van der Waals surface area contributed by atoms with E-state index in [1.807, 2.05) is 18.2 Å². The number of nitrogens with zero attached hydrogens (tertiary/aromatic N) is 2. The third-order valence-electron chi connectivity index (χ3n) is 3.25. The lowest BCUT2D eigenvalue weighted by atomic mass is 9.94. The molecular weight excluding hydrogens is 278 g/mol. The van der Waals surface area contributed by atoms with Crippen LogP contribution in [0.15, 0.2) is 28.8 Å². The summed E-state index contributed by atoms with van der Waals surface area (Å²) in [4.78, 5) is 4.20. The number of rotatable bonds is 3. The normalized spacial score (nSPS) is 18.4. The highest BCUT2D eigenvalue weighted by atomic mass is 32.2. The summed E-state index contributed by atoms with van der Waals surface area (Å²) in [5, 5.41) is 7.06. The summed E-state index contributed by atoms with van der Waals surface area (Å²) in [6, 6.07) is 8.07. The molecule has 1 aromatic heterocycles. The van der Waals surface area contributed by atoms with Crippen molar-refractivity contribution in [2.45, 2.75) is 18.1 Å². The summed E-state index contributed by atoms with van der Waals surface area (Å²) in [5.41, 5.74) is 2.33. The van der Waals surface area contributed by atoms with Crippen molar-refractivity contribution in [1.82, 2.24) is 10.1 Å². The maximum atomic E-state index is 11.2. The lowest BCUT2D eigenvalue weighted by molar-refractivity contribution is 0.350. The first-order chi connectivity index (χ1) is 9.51. The van der Waals surface area contributed by atoms with Crippen LogP contribution in [0.25, 0.3) is 0 Å². The molecule has 0 radical (unpaired) electrons. The fraction of sp³-hybridized carbons (Fsp3) is 0.385. The third-order valence-corrected chi connectivity index (χ3v) is 4.03. The van der Waals surface area contributed by atoms with Crippen molar-refractivity contribution in [2.75, 3.05) is 18.1 Å². The zero-order valence-electron chi connectivity index (χ0n) is 11.0. The van der Waals surface area contributed by atoms with Crippen LogP contribution in [0.1, 0.15) is 23.2 Å². The fourth-order valence-corrected chi connectivity index (χ4v) is 2.93. The Hall–Kier alpha value is -1.89. The first-order valence-electron chi connectivity index (χ1n) is 6.33. The van der Waals surface area contributed by atoms with Crippen LogP contribution in [0, 0.1) is 0 Å². The van der Waals surface area contributed by atoms with Crippen LogP contribution in [0.5, 0.6) is 0 Å². The minimum atomic E-state index is -3.14. The van der Waals surface area contributed by atoms with Gasteiger partial charge in [-0.05, 0) is 18.1 Å². The van der Waals surface area contributed by atoms with E-state index in [9.17, 15) is 8.42 Å².